The van der Waals surface area contributed by atoms with Crippen molar-refractivity contribution >= 4 is 29.1 Å². The zero-order valence-electron chi connectivity index (χ0n) is 19.7. The third kappa shape index (κ3) is 4.10. The number of carbonyl (C=O) groups is 1. The topological polar surface area (TPSA) is 71.5 Å². The van der Waals surface area contributed by atoms with Crippen molar-refractivity contribution in [1.82, 2.24) is 10.3 Å². The predicted molar refractivity (Wildman–Crippen MR) is 138 cm³/mol. The number of hydrogen-bond acceptors (Lipinski definition) is 4. The third-order valence-corrected chi connectivity index (χ3v) is 8.58. The maximum absolute atomic E-state index is 13.0. The van der Waals surface area contributed by atoms with E-state index in [1.807, 2.05) is 49.4 Å². The van der Waals surface area contributed by atoms with Crippen molar-refractivity contribution in [2.75, 3.05) is 7.11 Å². The van der Waals surface area contributed by atoms with Crippen LogP contribution >= 0.6 is 23.2 Å². The van der Waals surface area contributed by atoms with E-state index < -0.39 is 11.6 Å². The average molecular weight is 511 g/mol. The number of methoxy groups -OCH3 is 1. The lowest BCUT2D eigenvalue weighted by atomic mass is 9.55. The van der Waals surface area contributed by atoms with Crippen LogP contribution in [-0.2, 0) is 4.79 Å². The van der Waals surface area contributed by atoms with Crippen LogP contribution in [0, 0.1) is 11.3 Å². The molecule has 0 radical (unpaired) electrons. The Morgan fingerprint density at radius 1 is 1.11 bits per heavy atom. The van der Waals surface area contributed by atoms with E-state index in [0.717, 1.165) is 28.7 Å². The first kappa shape index (κ1) is 24.1. The summed E-state index contributed by atoms with van der Waals surface area (Å²) < 4.78 is 5.16. The molecule has 0 spiro atoms. The number of nitrogens with one attached hydrogen (secondary N) is 1. The lowest BCUT2D eigenvalue weighted by molar-refractivity contribution is -0.131. The Hall–Kier alpha value is -2.60. The van der Waals surface area contributed by atoms with Gasteiger partial charge >= 0.3 is 0 Å². The van der Waals surface area contributed by atoms with Gasteiger partial charge in [0.05, 0.1) is 12.5 Å². The largest absolute Gasteiger partial charge is 0.481 e. The Morgan fingerprint density at radius 2 is 1.86 bits per heavy atom. The molecule has 2 heterocycles. The van der Waals surface area contributed by atoms with E-state index in [0.29, 0.717) is 28.8 Å². The van der Waals surface area contributed by atoms with Crippen LogP contribution in [0.15, 0.2) is 60.8 Å². The van der Waals surface area contributed by atoms with Gasteiger partial charge < -0.3 is 15.2 Å². The molecule has 7 heteroatoms. The molecule has 0 bridgehead atoms. The highest BCUT2D eigenvalue weighted by Gasteiger charge is 2.60. The number of nitrogens with zero attached hydrogens (tertiary/aromatic N) is 1. The molecule has 1 saturated carbocycles. The summed E-state index contributed by atoms with van der Waals surface area (Å²) >= 11 is 13.1. The van der Waals surface area contributed by atoms with Crippen molar-refractivity contribution in [3.05, 3.63) is 82.0 Å². The van der Waals surface area contributed by atoms with Gasteiger partial charge in [0.1, 0.15) is 6.23 Å². The van der Waals surface area contributed by atoms with Gasteiger partial charge in [0.2, 0.25) is 11.8 Å². The number of benzene rings is 2. The molecule has 1 amide bonds. The number of carbonyl (C=O) groups excluding carboxylic acids is 1. The second kappa shape index (κ2) is 9.45. The molecule has 35 heavy (non-hydrogen) atoms. The Morgan fingerprint density at radius 3 is 2.49 bits per heavy atom. The highest BCUT2D eigenvalue weighted by Crippen LogP contribution is 2.60. The maximum atomic E-state index is 13.0. The number of pyridine rings is 1. The van der Waals surface area contributed by atoms with Crippen LogP contribution in [-0.4, -0.2) is 29.3 Å². The van der Waals surface area contributed by atoms with Crippen LogP contribution < -0.4 is 10.1 Å². The first-order valence-corrected chi connectivity index (χ1v) is 12.7. The number of halogens is 2. The van der Waals surface area contributed by atoms with Crippen LogP contribution in [0.2, 0.25) is 10.0 Å². The molecule has 1 saturated heterocycles. The fourth-order valence-electron chi connectivity index (χ4n) is 6.21. The molecule has 3 aromatic rings. The van der Waals surface area contributed by atoms with E-state index in [-0.39, 0.29) is 23.7 Å². The molecular weight excluding hydrogens is 483 g/mol. The second-order valence-electron chi connectivity index (χ2n) is 9.50. The maximum Gasteiger partial charge on any atom is 0.228 e. The Balaban J connectivity index is 1.57. The summed E-state index contributed by atoms with van der Waals surface area (Å²) in [6.07, 6.45) is 3.03. The van der Waals surface area contributed by atoms with Crippen molar-refractivity contribution in [1.29, 1.82) is 0 Å². The molecule has 182 valence electrons. The molecule has 2 fully saturated rings. The first-order valence-electron chi connectivity index (χ1n) is 11.9. The minimum Gasteiger partial charge on any atom is -0.481 e. The summed E-state index contributed by atoms with van der Waals surface area (Å²) in [7, 11) is 1.59. The van der Waals surface area contributed by atoms with Crippen molar-refractivity contribution < 1.29 is 14.6 Å². The molecule has 1 aromatic heterocycles. The number of aliphatic hydroxyl groups excluding tert-OH is 1. The number of rotatable bonds is 5. The average Bonchev–Trinajstić information content (AvgIpc) is 3.14. The fraction of sp³-hybridized carbons (Fsp3) is 0.357. The van der Waals surface area contributed by atoms with Crippen LogP contribution in [0.25, 0.3) is 11.1 Å². The molecule has 1 unspecified atom stereocenters. The van der Waals surface area contributed by atoms with E-state index in [2.05, 4.69) is 22.4 Å². The summed E-state index contributed by atoms with van der Waals surface area (Å²) in [5.74, 6) is 0.187. The summed E-state index contributed by atoms with van der Waals surface area (Å²) in [5.41, 5.74) is 3.39. The second-order valence-corrected chi connectivity index (χ2v) is 10.3. The van der Waals surface area contributed by atoms with Crippen molar-refractivity contribution in [3.63, 3.8) is 0 Å². The summed E-state index contributed by atoms with van der Waals surface area (Å²) in [6.45, 7) is 2.04. The van der Waals surface area contributed by atoms with E-state index >= 15 is 0 Å². The number of aliphatic hydroxyl groups is 1. The first-order chi connectivity index (χ1) is 16.9. The van der Waals surface area contributed by atoms with Gasteiger partial charge in [0.15, 0.2) is 0 Å². The summed E-state index contributed by atoms with van der Waals surface area (Å²) in [6, 6.07) is 17.6. The van der Waals surface area contributed by atoms with Crippen LogP contribution in [0.1, 0.15) is 49.1 Å². The smallest absolute Gasteiger partial charge is 0.228 e. The van der Waals surface area contributed by atoms with Crippen molar-refractivity contribution in [2.45, 2.75) is 44.2 Å². The molecule has 5 rings (SSSR count). The third-order valence-electron chi connectivity index (χ3n) is 8.00. The zero-order valence-corrected chi connectivity index (χ0v) is 21.2. The quantitative estimate of drug-likeness (QED) is 0.429. The number of fused-ring (bicyclic) bond motifs is 1. The minimum absolute atomic E-state index is 0.0405. The fourth-order valence-corrected chi connectivity index (χ4v) is 6.66. The molecule has 2 aliphatic rings. The number of amides is 1. The number of hydrogen-bond donors (Lipinski definition) is 2. The Labute approximate surface area is 215 Å². The predicted octanol–water partition coefficient (Wildman–Crippen LogP) is 6.19. The summed E-state index contributed by atoms with van der Waals surface area (Å²) in [5, 5.41) is 15.2. The van der Waals surface area contributed by atoms with Crippen LogP contribution in [0.4, 0.5) is 0 Å². The van der Waals surface area contributed by atoms with Gasteiger partial charge in [-0.1, -0.05) is 54.4 Å². The zero-order chi connectivity index (χ0) is 24.7. The van der Waals surface area contributed by atoms with E-state index in [1.54, 1.807) is 13.3 Å². The molecule has 2 N–H and O–H groups in total. The van der Waals surface area contributed by atoms with Crippen molar-refractivity contribution in [3.8, 4) is 17.0 Å². The minimum atomic E-state index is -0.908. The van der Waals surface area contributed by atoms with E-state index in [9.17, 15) is 9.90 Å². The van der Waals surface area contributed by atoms with Gasteiger partial charge in [-0.15, -0.1) is 0 Å². The van der Waals surface area contributed by atoms with Crippen molar-refractivity contribution in [2.24, 2.45) is 11.3 Å². The summed E-state index contributed by atoms with van der Waals surface area (Å²) in [4.78, 5) is 17.3. The monoisotopic (exact) mass is 510 g/mol. The van der Waals surface area contributed by atoms with Gasteiger partial charge in [-0.2, -0.15) is 0 Å². The SMILES string of the molecule is CC[C@@]12CC[C@@H](c3ccc(-c4ccc(OC)nc4)cc3Cl)[C@H](c3ccc(Cl)cc3)[C@@H]1C(O)NC2=O. The Kier molecular flexibility index (Phi) is 6.51. The molecule has 5 nitrogen and oxygen atoms in total. The normalized spacial score (nSPS) is 27.9. The Bertz CT molecular complexity index is 1230. The van der Waals surface area contributed by atoms with Gasteiger partial charge in [-0.05, 0) is 72.1 Å². The van der Waals surface area contributed by atoms with Gasteiger partial charge in [-0.3, -0.25) is 4.79 Å². The molecule has 1 aliphatic carbocycles. The molecular formula is C28H28Cl2N2O3. The van der Waals surface area contributed by atoms with Gasteiger partial charge in [0, 0.05) is 33.8 Å². The highest BCUT2D eigenvalue weighted by atomic mass is 35.5. The van der Waals surface area contributed by atoms with Crippen LogP contribution in [0.5, 0.6) is 5.88 Å². The van der Waals surface area contributed by atoms with Gasteiger partial charge in [0.25, 0.3) is 0 Å². The van der Waals surface area contributed by atoms with E-state index in [1.165, 1.54) is 0 Å². The number of ether oxygens (including phenoxy) is 1. The molecule has 1 aliphatic heterocycles. The number of aromatic nitrogens is 1. The van der Waals surface area contributed by atoms with E-state index in [4.69, 9.17) is 27.9 Å². The van der Waals surface area contributed by atoms with Crippen LogP contribution in [0.3, 0.4) is 0 Å². The molecule has 5 atom stereocenters. The molecule has 2 aromatic carbocycles. The standard InChI is InChI=1S/C28H28Cl2N2O3/c1-3-28-13-12-21(20-10-6-17(14-22(20)30)18-7-11-23(35-2)31-15-18)24(16-4-8-19(29)9-5-16)25(28)26(33)32-27(28)34/h4-11,14-15,21,24-26,33H,3,12-13H2,1-2H3,(H,32,34)/t21-,24-,25+,26?,28+/m0/s1. The lowest BCUT2D eigenvalue weighted by Gasteiger charge is -2.47. The van der Waals surface area contributed by atoms with Gasteiger partial charge in [-0.25, -0.2) is 4.98 Å². The lowest BCUT2D eigenvalue weighted by Crippen LogP contribution is -2.44. The highest BCUT2D eigenvalue weighted by molar-refractivity contribution is 6.31.